The number of hydrogen-bond acceptors (Lipinski definition) is 5. The first-order valence-corrected chi connectivity index (χ1v) is 7.75. The van der Waals surface area contributed by atoms with E-state index in [9.17, 15) is 0 Å². The fraction of sp³-hybridized carbons (Fsp3) is 0.333. The predicted molar refractivity (Wildman–Crippen MR) is 94.9 cm³/mol. The van der Waals surface area contributed by atoms with Crippen molar-refractivity contribution in [1.29, 1.82) is 0 Å². The maximum atomic E-state index is 5.55. The summed E-state index contributed by atoms with van der Waals surface area (Å²) in [5.74, 6) is 2.36. The molecular formula is C18H22N4O2. The first-order chi connectivity index (χ1) is 11.4. The first-order valence-electron chi connectivity index (χ1n) is 7.75. The fourth-order valence-electron chi connectivity index (χ4n) is 2.56. The van der Waals surface area contributed by atoms with Gasteiger partial charge in [-0.05, 0) is 32.9 Å². The predicted octanol–water partition coefficient (Wildman–Crippen LogP) is 3.62. The van der Waals surface area contributed by atoms with Gasteiger partial charge in [0.2, 0.25) is 0 Å². The number of nitrogens with one attached hydrogen (secondary N) is 1. The Balaban J connectivity index is 2.24. The van der Waals surface area contributed by atoms with Crippen molar-refractivity contribution in [2.75, 3.05) is 19.5 Å². The molecule has 24 heavy (non-hydrogen) atoms. The van der Waals surface area contributed by atoms with Gasteiger partial charge in [0, 0.05) is 29.6 Å². The zero-order valence-corrected chi connectivity index (χ0v) is 14.6. The Kier molecular flexibility index (Phi) is 4.05. The molecule has 2 heterocycles. The van der Waals surface area contributed by atoms with Crippen LogP contribution in [0, 0.1) is 0 Å². The number of fused-ring (bicyclic) bond motifs is 1. The van der Waals surface area contributed by atoms with Crippen LogP contribution in [0.4, 0.5) is 5.82 Å². The molecule has 0 aliphatic rings. The van der Waals surface area contributed by atoms with E-state index in [1.807, 2.05) is 28.8 Å². The Morgan fingerprint density at radius 2 is 1.92 bits per heavy atom. The molecule has 126 valence electrons. The van der Waals surface area contributed by atoms with Crippen LogP contribution in [0.1, 0.15) is 20.8 Å². The quantitative estimate of drug-likeness (QED) is 0.793. The molecule has 2 aromatic heterocycles. The van der Waals surface area contributed by atoms with Gasteiger partial charge < -0.3 is 14.8 Å². The third-order valence-electron chi connectivity index (χ3n) is 3.59. The Labute approximate surface area is 141 Å². The van der Waals surface area contributed by atoms with Crippen molar-refractivity contribution < 1.29 is 9.47 Å². The smallest absolute Gasteiger partial charge is 0.157 e. The molecule has 0 amide bonds. The van der Waals surface area contributed by atoms with Crippen molar-refractivity contribution in [3.05, 3.63) is 36.8 Å². The van der Waals surface area contributed by atoms with E-state index in [2.05, 4.69) is 31.1 Å². The summed E-state index contributed by atoms with van der Waals surface area (Å²) < 4.78 is 12.8. The molecule has 0 spiro atoms. The lowest BCUT2D eigenvalue weighted by Gasteiger charge is -2.23. The topological polar surface area (TPSA) is 60.7 Å². The average Bonchev–Trinajstić information content (AvgIpc) is 2.91. The van der Waals surface area contributed by atoms with Gasteiger partial charge >= 0.3 is 0 Å². The van der Waals surface area contributed by atoms with E-state index >= 15 is 0 Å². The van der Waals surface area contributed by atoms with E-state index < -0.39 is 0 Å². The Morgan fingerprint density at radius 3 is 2.58 bits per heavy atom. The Bertz CT molecular complexity index is 865. The Hall–Kier alpha value is -2.76. The second-order valence-corrected chi connectivity index (χ2v) is 6.55. The minimum Gasteiger partial charge on any atom is -0.497 e. The molecule has 3 rings (SSSR count). The number of benzene rings is 1. The van der Waals surface area contributed by atoms with Crippen molar-refractivity contribution in [2.45, 2.75) is 26.3 Å². The fourth-order valence-corrected chi connectivity index (χ4v) is 2.56. The van der Waals surface area contributed by atoms with Gasteiger partial charge in [0.15, 0.2) is 5.65 Å². The van der Waals surface area contributed by atoms with Crippen molar-refractivity contribution in [3.63, 3.8) is 0 Å². The van der Waals surface area contributed by atoms with Crippen LogP contribution in [0.2, 0.25) is 0 Å². The van der Waals surface area contributed by atoms with Gasteiger partial charge in [-0.3, -0.25) is 9.38 Å². The highest BCUT2D eigenvalue weighted by Crippen LogP contribution is 2.38. The third kappa shape index (κ3) is 2.99. The molecule has 0 atom stereocenters. The summed E-state index contributed by atoms with van der Waals surface area (Å²) in [6.45, 7) is 6.34. The van der Waals surface area contributed by atoms with Crippen LogP contribution in [0.3, 0.4) is 0 Å². The maximum Gasteiger partial charge on any atom is 0.157 e. The molecular weight excluding hydrogens is 304 g/mol. The van der Waals surface area contributed by atoms with Crippen molar-refractivity contribution >= 4 is 11.5 Å². The first kappa shape index (κ1) is 16.1. The lowest BCUT2D eigenvalue weighted by molar-refractivity contribution is 0.395. The second kappa shape index (κ2) is 6.03. The molecule has 1 aromatic carbocycles. The number of nitrogens with zero attached hydrogens (tertiary/aromatic N) is 3. The summed E-state index contributed by atoms with van der Waals surface area (Å²) in [6.07, 6.45) is 5.39. The van der Waals surface area contributed by atoms with Crippen LogP contribution < -0.4 is 14.8 Å². The largest absolute Gasteiger partial charge is 0.497 e. The van der Waals surface area contributed by atoms with Gasteiger partial charge in [-0.2, -0.15) is 0 Å². The highest BCUT2D eigenvalue weighted by atomic mass is 16.5. The number of aromatic nitrogens is 3. The minimum absolute atomic E-state index is 0.117. The van der Waals surface area contributed by atoms with Crippen molar-refractivity contribution in [2.24, 2.45) is 0 Å². The van der Waals surface area contributed by atoms with E-state index in [4.69, 9.17) is 14.5 Å². The summed E-state index contributed by atoms with van der Waals surface area (Å²) in [7, 11) is 3.28. The summed E-state index contributed by atoms with van der Waals surface area (Å²) in [5, 5.41) is 3.54. The normalized spacial score (nSPS) is 11.5. The van der Waals surface area contributed by atoms with Crippen LogP contribution in [-0.2, 0) is 0 Å². The highest BCUT2D eigenvalue weighted by Gasteiger charge is 2.21. The summed E-state index contributed by atoms with van der Waals surface area (Å²) in [5.41, 5.74) is 2.37. The lowest BCUT2D eigenvalue weighted by atomic mass is 10.1. The molecule has 0 fully saturated rings. The maximum absolute atomic E-state index is 5.55. The average molecular weight is 326 g/mol. The SMILES string of the molecule is COc1ccc(-c2nc3cnccn3c2NC(C)(C)C)c(OC)c1. The zero-order valence-electron chi connectivity index (χ0n) is 14.6. The monoisotopic (exact) mass is 326 g/mol. The molecule has 6 nitrogen and oxygen atoms in total. The standard InChI is InChI=1S/C18H22N4O2/c1-18(2,3)21-17-16(20-15-11-19-8-9-22(15)17)13-7-6-12(23-4)10-14(13)24-5/h6-11,21H,1-5H3. The summed E-state index contributed by atoms with van der Waals surface area (Å²) >= 11 is 0. The Morgan fingerprint density at radius 1 is 1.12 bits per heavy atom. The van der Waals surface area contributed by atoms with E-state index in [-0.39, 0.29) is 5.54 Å². The van der Waals surface area contributed by atoms with Gasteiger partial charge in [0.05, 0.1) is 20.4 Å². The molecule has 0 bridgehead atoms. The molecule has 0 radical (unpaired) electrons. The van der Waals surface area contributed by atoms with Gasteiger partial charge in [-0.1, -0.05) is 0 Å². The molecule has 1 N–H and O–H groups in total. The van der Waals surface area contributed by atoms with Crippen LogP contribution in [0.5, 0.6) is 11.5 Å². The number of hydrogen-bond donors (Lipinski definition) is 1. The molecule has 0 aliphatic carbocycles. The molecule has 0 saturated heterocycles. The lowest BCUT2D eigenvalue weighted by Crippen LogP contribution is -2.27. The molecule has 0 unspecified atom stereocenters. The minimum atomic E-state index is -0.117. The van der Waals surface area contributed by atoms with Gasteiger partial charge in [-0.25, -0.2) is 4.98 Å². The second-order valence-electron chi connectivity index (χ2n) is 6.55. The number of rotatable bonds is 4. The highest BCUT2D eigenvalue weighted by molar-refractivity contribution is 5.81. The number of imidazole rings is 1. The summed E-state index contributed by atoms with van der Waals surface area (Å²) in [4.78, 5) is 8.91. The van der Waals surface area contributed by atoms with Gasteiger partial charge in [-0.15, -0.1) is 0 Å². The zero-order chi connectivity index (χ0) is 17.3. The summed E-state index contributed by atoms with van der Waals surface area (Å²) in [6, 6.07) is 5.72. The van der Waals surface area contributed by atoms with Crippen LogP contribution in [0.25, 0.3) is 16.9 Å². The molecule has 0 saturated carbocycles. The van der Waals surface area contributed by atoms with E-state index in [0.29, 0.717) is 5.75 Å². The third-order valence-corrected chi connectivity index (χ3v) is 3.59. The van der Waals surface area contributed by atoms with Crippen LogP contribution in [-0.4, -0.2) is 34.1 Å². The number of ether oxygens (including phenoxy) is 2. The van der Waals surface area contributed by atoms with E-state index in [1.165, 1.54) is 0 Å². The molecule has 3 aromatic rings. The van der Waals surface area contributed by atoms with E-state index in [0.717, 1.165) is 28.5 Å². The number of anilines is 1. The molecule has 0 aliphatic heterocycles. The molecule has 6 heteroatoms. The van der Waals surface area contributed by atoms with Crippen LogP contribution in [0.15, 0.2) is 36.8 Å². The van der Waals surface area contributed by atoms with E-state index in [1.54, 1.807) is 26.6 Å². The van der Waals surface area contributed by atoms with Crippen molar-refractivity contribution in [3.8, 4) is 22.8 Å². The van der Waals surface area contributed by atoms with Gasteiger partial charge in [0.1, 0.15) is 23.0 Å². The van der Waals surface area contributed by atoms with Gasteiger partial charge in [0.25, 0.3) is 0 Å². The number of methoxy groups -OCH3 is 2. The van der Waals surface area contributed by atoms with Crippen molar-refractivity contribution in [1.82, 2.24) is 14.4 Å². The van der Waals surface area contributed by atoms with Crippen LogP contribution >= 0.6 is 0 Å².